The van der Waals surface area contributed by atoms with Crippen LogP contribution in [0, 0.1) is 12.7 Å². The van der Waals surface area contributed by atoms with Crippen molar-refractivity contribution < 1.29 is 22.4 Å². The van der Waals surface area contributed by atoms with Crippen LogP contribution in [-0.4, -0.2) is 43.8 Å². The number of aryl methyl sites for hydroxylation is 1. The van der Waals surface area contributed by atoms with Gasteiger partial charge in [0.15, 0.2) is 0 Å². The molecule has 236 valence electrons. The molecule has 4 rings (SSSR count). The topological polar surface area (TPSA) is 86.8 Å². The zero-order chi connectivity index (χ0) is 32.7. The largest absolute Gasteiger partial charge is 0.352 e. The summed E-state index contributed by atoms with van der Waals surface area (Å²) < 4.78 is 42.9. The highest BCUT2D eigenvalue weighted by molar-refractivity contribution is 7.92. The fraction of sp³-hybridized carbons (Fsp3) is 0.235. The van der Waals surface area contributed by atoms with Gasteiger partial charge >= 0.3 is 0 Å². The van der Waals surface area contributed by atoms with E-state index in [2.05, 4.69) is 5.32 Å². The smallest absolute Gasteiger partial charge is 0.264 e. The Hall–Kier alpha value is -3.92. The number of sulfonamides is 1. The highest BCUT2D eigenvalue weighted by Crippen LogP contribution is 2.31. The number of nitrogens with one attached hydrogen (secondary N) is 1. The van der Waals surface area contributed by atoms with Crippen LogP contribution >= 0.6 is 23.2 Å². The van der Waals surface area contributed by atoms with Gasteiger partial charge in [0.05, 0.1) is 20.6 Å². The molecule has 0 aliphatic carbocycles. The standard InChI is InChI=1S/C34H34Cl2FN3O4S/c1-23(2)38-34(42)32(19-25-7-5-4-6-8-25)39(21-26-11-13-27(37)14-12-26)33(41)22-40(28-15-18-30(35)31(36)20-28)45(43,44)29-16-9-24(3)10-17-29/h4-18,20,23,32H,19,21-22H2,1-3H3,(H,38,42). The summed E-state index contributed by atoms with van der Waals surface area (Å²) in [4.78, 5) is 29.4. The molecule has 0 radical (unpaired) electrons. The lowest BCUT2D eigenvalue weighted by atomic mass is 10.0. The molecule has 0 aliphatic heterocycles. The Balaban J connectivity index is 1.82. The lowest BCUT2D eigenvalue weighted by Gasteiger charge is -2.34. The first-order chi connectivity index (χ1) is 21.3. The maximum absolute atomic E-state index is 14.4. The molecular weight excluding hydrogens is 636 g/mol. The summed E-state index contributed by atoms with van der Waals surface area (Å²) in [5, 5.41) is 3.21. The summed E-state index contributed by atoms with van der Waals surface area (Å²) in [5.41, 5.74) is 2.33. The van der Waals surface area contributed by atoms with E-state index in [1.165, 1.54) is 59.5 Å². The molecule has 0 heterocycles. The molecule has 11 heteroatoms. The van der Waals surface area contributed by atoms with Gasteiger partial charge < -0.3 is 10.2 Å². The number of carbonyl (C=O) groups is 2. The Labute approximate surface area is 273 Å². The number of hydrogen-bond donors (Lipinski definition) is 1. The maximum atomic E-state index is 14.4. The summed E-state index contributed by atoms with van der Waals surface area (Å²) >= 11 is 12.4. The molecule has 1 N–H and O–H groups in total. The van der Waals surface area contributed by atoms with Gasteiger partial charge in [0, 0.05) is 19.0 Å². The zero-order valence-corrected chi connectivity index (χ0v) is 27.4. The summed E-state index contributed by atoms with van der Waals surface area (Å²) in [6, 6.07) is 24.1. The fourth-order valence-corrected chi connectivity index (χ4v) is 6.43. The van der Waals surface area contributed by atoms with Crippen molar-refractivity contribution in [3.63, 3.8) is 0 Å². The zero-order valence-electron chi connectivity index (χ0n) is 25.1. The summed E-state index contributed by atoms with van der Waals surface area (Å²) in [6.07, 6.45) is 0.157. The highest BCUT2D eigenvalue weighted by Gasteiger charge is 2.35. The van der Waals surface area contributed by atoms with Crippen molar-refractivity contribution in [2.75, 3.05) is 10.8 Å². The van der Waals surface area contributed by atoms with Crippen molar-refractivity contribution in [1.29, 1.82) is 0 Å². The molecule has 2 amide bonds. The van der Waals surface area contributed by atoms with E-state index in [4.69, 9.17) is 23.2 Å². The Morgan fingerprint density at radius 2 is 1.49 bits per heavy atom. The molecule has 0 bridgehead atoms. The predicted molar refractivity (Wildman–Crippen MR) is 176 cm³/mol. The van der Waals surface area contributed by atoms with Gasteiger partial charge in [-0.25, -0.2) is 12.8 Å². The summed E-state index contributed by atoms with van der Waals surface area (Å²) in [6.45, 7) is 4.71. The van der Waals surface area contributed by atoms with E-state index in [1.807, 2.05) is 51.1 Å². The normalized spacial score (nSPS) is 12.1. The van der Waals surface area contributed by atoms with Crippen molar-refractivity contribution in [2.24, 2.45) is 0 Å². The van der Waals surface area contributed by atoms with Gasteiger partial charge in [-0.3, -0.25) is 13.9 Å². The molecule has 4 aromatic carbocycles. The lowest BCUT2D eigenvalue weighted by molar-refractivity contribution is -0.140. The van der Waals surface area contributed by atoms with Crippen LogP contribution in [0.3, 0.4) is 0 Å². The number of halogens is 3. The van der Waals surface area contributed by atoms with Gasteiger partial charge in [0.2, 0.25) is 11.8 Å². The number of benzene rings is 4. The van der Waals surface area contributed by atoms with Gasteiger partial charge in [0.25, 0.3) is 10.0 Å². The Morgan fingerprint density at radius 1 is 0.844 bits per heavy atom. The third-order valence-corrected chi connectivity index (χ3v) is 9.57. The Bertz CT molecular complexity index is 1740. The van der Waals surface area contributed by atoms with Crippen molar-refractivity contribution in [2.45, 2.75) is 50.7 Å². The molecule has 0 saturated carbocycles. The third-order valence-electron chi connectivity index (χ3n) is 7.05. The average Bonchev–Trinajstić information content (AvgIpc) is 3.00. The molecule has 1 atom stereocenters. The summed E-state index contributed by atoms with van der Waals surface area (Å²) in [5.74, 6) is -1.52. The molecule has 0 spiro atoms. The van der Waals surface area contributed by atoms with Crippen molar-refractivity contribution >= 4 is 50.7 Å². The SMILES string of the molecule is Cc1ccc(S(=O)(=O)N(CC(=O)N(Cc2ccc(F)cc2)C(Cc2ccccc2)C(=O)NC(C)C)c2ccc(Cl)c(Cl)c2)cc1. The Kier molecular flexibility index (Phi) is 11.3. The predicted octanol–water partition coefficient (Wildman–Crippen LogP) is 6.80. The van der Waals surface area contributed by atoms with Crippen LogP contribution < -0.4 is 9.62 Å². The minimum atomic E-state index is -4.30. The quantitative estimate of drug-likeness (QED) is 0.180. The molecule has 0 aromatic heterocycles. The van der Waals surface area contributed by atoms with E-state index in [-0.39, 0.29) is 39.6 Å². The molecule has 4 aromatic rings. The van der Waals surface area contributed by atoms with E-state index in [0.29, 0.717) is 5.56 Å². The van der Waals surface area contributed by atoms with Crippen LogP contribution in [-0.2, 0) is 32.6 Å². The van der Waals surface area contributed by atoms with Gasteiger partial charge in [-0.1, -0.05) is 83.4 Å². The first-order valence-corrected chi connectivity index (χ1v) is 16.5. The molecule has 45 heavy (non-hydrogen) atoms. The first-order valence-electron chi connectivity index (χ1n) is 14.3. The van der Waals surface area contributed by atoms with Gasteiger partial charge in [-0.15, -0.1) is 0 Å². The van der Waals surface area contributed by atoms with Crippen molar-refractivity contribution in [3.05, 3.63) is 130 Å². The van der Waals surface area contributed by atoms with E-state index in [1.54, 1.807) is 12.1 Å². The maximum Gasteiger partial charge on any atom is 0.264 e. The monoisotopic (exact) mass is 669 g/mol. The second-order valence-electron chi connectivity index (χ2n) is 10.9. The number of amides is 2. The highest BCUT2D eigenvalue weighted by atomic mass is 35.5. The van der Waals surface area contributed by atoms with Crippen LogP contribution in [0.1, 0.15) is 30.5 Å². The van der Waals surface area contributed by atoms with Crippen LogP contribution in [0.2, 0.25) is 10.0 Å². The van der Waals surface area contributed by atoms with Crippen molar-refractivity contribution in [1.82, 2.24) is 10.2 Å². The molecule has 0 saturated heterocycles. The minimum Gasteiger partial charge on any atom is -0.352 e. The van der Waals surface area contributed by atoms with E-state index < -0.39 is 40.2 Å². The fourth-order valence-electron chi connectivity index (χ4n) is 4.73. The molecule has 1 unspecified atom stereocenters. The van der Waals surface area contributed by atoms with Crippen LogP contribution in [0.15, 0.2) is 102 Å². The second kappa shape index (κ2) is 14.9. The minimum absolute atomic E-state index is 0.0320. The lowest BCUT2D eigenvalue weighted by Crippen LogP contribution is -2.54. The van der Waals surface area contributed by atoms with Crippen molar-refractivity contribution in [3.8, 4) is 0 Å². The number of hydrogen-bond acceptors (Lipinski definition) is 4. The Morgan fingerprint density at radius 3 is 2.09 bits per heavy atom. The number of anilines is 1. The molecule has 7 nitrogen and oxygen atoms in total. The van der Waals surface area contributed by atoms with E-state index in [9.17, 15) is 22.4 Å². The summed E-state index contributed by atoms with van der Waals surface area (Å²) in [7, 11) is -4.30. The number of carbonyl (C=O) groups excluding carboxylic acids is 2. The van der Waals surface area contributed by atoms with Gasteiger partial charge in [0.1, 0.15) is 18.4 Å². The number of nitrogens with zero attached hydrogens (tertiary/aromatic N) is 2. The third kappa shape index (κ3) is 8.84. The molecule has 0 aliphatic rings. The van der Waals surface area contributed by atoms with E-state index in [0.717, 1.165) is 15.4 Å². The van der Waals surface area contributed by atoms with Crippen LogP contribution in [0.5, 0.6) is 0 Å². The molecular formula is C34H34Cl2FN3O4S. The van der Waals surface area contributed by atoms with Gasteiger partial charge in [-0.2, -0.15) is 0 Å². The van der Waals surface area contributed by atoms with Gasteiger partial charge in [-0.05, 0) is 74.4 Å². The molecule has 0 fully saturated rings. The average molecular weight is 671 g/mol. The first kappa shape index (κ1) is 34.0. The van der Waals surface area contributed by atoms with E-state index >= 15 is 0 Å². The van der Waals surface area contributed by atoms with Crippen LogP contribution in [0.25, 0.3) is 0 Å². The number of rotatable bonds is 12. The second-order valence-corrected chi connectivity index (χ2v) is 13.6. The van der Waals surface area contributed by atoms with Crippen LogP contribution in [0.4, 0.5) is 10.1 Å².